The number of carbonyl (C=O) groups is 1. The number of ether oxygens (including phenoxy) is 4. The van der Waals surface area contributed by atoms with Crippen LogP contribution in [-0.2, 0) is 11.3 Å². The summed E-state index contributed by atoms with van der Waals surface area (Å²) in [4.78, 5) is 12.6. The maximum Gasteiger partial charge on any atom is 0.231 e. The number of nitriles is 1. The molecule has 0 bridgehead atoms. The van der Waals surface area contributed by atoms with Gasteiger partial charge in [0.1, 0.15) is 23.3 Å². The molecule has 0 unspecified atom stereocenters. The second-order valence-corrected chi connectivity index (χ2v) is 6.07. The maximum absolute atomic E-state index is 12.6. The van der Waals surface area contributed by atoms with E-state index >= 15 is 0 Å². The summed E-state index contributed by atoms with van der Waals surface area (Å²) in [6.07, 6.45) is 1.61. The largest absolute Gasteiger partial charge is 0.479 e. The molecule has 0 amide bonds. The predicted molar refractivity (Wildman–Crippen MR) is 92.2 cm³/mol. The Kier molecular flexibility index (Phi) is 4.25. The van der Waals surface area contributed by atoms with Crippen LogP contribution in [0.5, 0.6) is 17.2 Å². The van der Waals surface area contributed by atoms with Crippen LogP contribution in [-0.4, -0.2) is 19.2 Å². The molecule has 7 heteroatoms. The lowest BCUT2D eigenvalue weighted by atomic mass is 10.1. The van der Waals surface area contributed by atoms with E-state index in [1.807, 2.05) is 6.07 Å². The van der Waals surface area contributed by atoms with Gasteiger partial charge in [-0.15, -0.1) is 0 Å². The van der Waals surface area contributed by atoms with E-state index in [0.717, 1.165) is 5.56 Å². The second kappa shape index (κ2) is 6.71. The molecule has 26 heavy (non-hydrogen) atoms. The van der Waals surface area contributed by atoms with E-state index in [9.17, 15) is 4.79 Å². The Morgan fingerprint density at radius 3 is 3.04 bits per heavy atom. The maximum atomic E-state index is 12.6. The standard InChI is InChI=1S/C19H12ClNO5/c20-13-5-11(19-12(6-13)9-23-10-25-19)7-17-18(22)15-2-1-14(24-4-3-21)8-16(15)26-17/h1-2,5-8H,4,9-10H2/b17-7-. The molecule has 0 spiro atoms. The normalized spacial score (nSPS) is 16.3. The molecule has 0 aromatic heterocycles. The minimum absolute atomic E-state index is 0.0799. The first-order chi connectivity index (χ1) is 12.7. The number of Topliss-reactive ketones (excluding diaryl/α,β-unsaturated/α-hetero) is 1. The van der Waals surface area contributed by atoms with Crippen LogP contribution >= 0.6 is 11.6 Å². The number of carbonyl (C=O) groups excluding carboxylic acids is 1. The SMILES string of the molecule is N#CCOc1ccc2c(c1)O/C(=C\c1cc(Cl)cc3c1OCOC3)C2=O. The Bertz CT molecular complexity index is 977. The Morgan fingerprint density at radius 2 is 2.19 bits per heavy atom. The van der Waals surface area contributed by atoms with E-state index < -0.39 is 0 Å². The topological polar surface area (TPSA) is 77.8 Å². The van der Waals surface area contributed by atoms with Gasteiger partial charge in [-0.2, -0.15) is 5.26 Å². The number of ketones is 1. The van der Waals surface area contributed by atoms with Crippen molar-refractivity contribution in [2.45, 2.75) is 6.61 Å². The first-order valence-corrected chi connectivity index (χ1v) is 8.14. The minimum Gasteiger partial charge on any atom is -0.479 e. The van der Waals surface area contributed by atoms with Gasteiger partial charge in [0, 0.05) is 22.2 Å². The van der Waals surface area contributed by atoms with Gasteiger partial charge in [0.2, 0.25) is 5.78 Å². The lowest BCUT2D eigenvalue weighted by Gasteiger charge is -2.20. The molecule has 2 heterocycles. The van der Waals surface area contributed by atoms with Crippen molar-refractivity contribution in [2.75, 3.05) is 13.4 Å². The molecule has 6 nitrogen and oxygen atoms in total. The van der Waals surface area contributed by atoms with E-state index in [2.05, 4.69) is 0 Å². The molecule has 2 aromatic rings. The van der Waals surface area contributed by atoms with E-state index in [0.29, 0.717) is 40.0 Å². The van der Waals surface area contributed by atoms with Crippen LogP contribution in [0.2, 0.25) is 5.02 Å². The van der Waals surface area contributed by atoms with Crippen molar-refractivity contribution in [1.82, 2.24) is 0 Å². The Morgan fingerprint density at radius 1 is 1.31 bits per heavy atom. The van der Waals surface area contributed by atoms with Crippen LogP contribution in [0.4, 0.5) is 0 Å². The Balaban J connectivity index is 1.68. The predicted octanol–water partition coefficient (Wildman–Crippen LogP) is 3.73. The lowest BCUT2D eigenvalue weighted by molar-refractivity contribution is -0.0165. The summed E-state index contributed by atoms with van der Waals surface area (Å²) in [5.74, 6) is 1.39. The summed E-state index contributed by atoms with van der Waals surface area (Å²) >= 11 is 6.15. The smallest absolute Gasteiger partial charge is 0.231 e. The fourth-order valence-electron chi connectivity index (χ4n) is 2.83. The molecular formula is C19H12ClNO5. The summed E-state index contributed by atoms with van der Waals surface area (Å²) in [5.41, 5.74) is 1.89. The third-order valence-electron chi connectivity index (χ3n) is 3.93. The van der Waals surface area contributed by atoms with Crippen molar-refractivity contribution < 1.29 is 23.7 Å². The van der Waals surface area contributed by atoms with Crippen molar-refractivity contribution in [3.8, 4) is 23.3 Å². The van der Waals surface area contributed by atoms with Crippen LogP contribution in [0, 0.1) is 11.3 Å². The minimum atomic E-state index is -0.243. The van der Waals surface area contributed by atoms with Gasteiger partial charge in [-0.25, -0.2) is 0 Å². The number of hydrogen-bond donors (Lipinski definition) is 0. The van der Waals surface area contributed by atoms with Crippen LogP contribution in [0.15, 0.2) is 36.1 Å². The molecule has 0 fully saturated rings. The lowest BCUT2D eigenvalue weighted by Crippen LogP contribution is -2.12. The van der Waals surface area contributed by atoms with Gasteiger partial charge in [0.15, 0.2) is 19.2 Å². The number of rotatable bonds is 3. The molecule has 0 saturated heterocycles. The highest BCUT2D eigenvalue weighted by Gasteiger charge is 2.28. The zero-order chi connectivity index (χ0) is 18.1. The first kappa shape index (κ1) is 16.5. The summed E-state index contributed by atoms with van der Waals surface area (Å²) in [5, 5.41) is 9.10. The molecule has 0 saturated carbocycles. The van der Waals surface area contributed by atoms with Gasteiger partial charge in [-0.3, -0.25) is 4.79 Å². The molecule has 2 aromatic carbocycles. The monoisotopic (exact) mass is 369 g/mol. The highest BCUT2D eigenvalue weighted by molar-refractivity contribution is 6.31. The van der Waals surface area contributed by atoms with E-state index in [4.69, 9.17) is 35.8 Å². The van der Waals surface area contributed by atoms with Crippen molar-refractivity contribution in [1.29, 1.82) is 5.26 Å². The molecule has 0 aliphatic carbocycles. The number of hydrogen-bond acceptors (Lipinski definition) is 6. The van der Waals surface area contributed by atoms with Crippen LogP contribution < -0.4 is 14.2 Å². The third-order valence-corrected chi connectivity index (χ3v) is 4.15. The van der Waals surface area contributed by atoms with Crippen LogP contribution in [0.25, 0.3) is 6.08 Å². The van der Waals surface area contributed by atoms with Gasteiger partial charge in [-0.1, -0.05) is 11.6 Å². The van der Waals surface area contributed by atoms with Gasteiger partial charge in [0.05, 0.1) is 12.2 Å². The quantitative estimate of drug-likeness (QED) is 0.767. The fraction of sp³-hybridized carbons (Fsp3) is 0.158. The molecule has 0 atom stereocenters. The number of nitrogens with zero attached hydrogens (tertiary/aromatic N) is 1. The van der Waals surface area contributed by atoms with Gasteiger partial charge in [-0.05, 0) is 30.3 Å². The van der Waals surface area contributed by atoms with Crippen LogP contribution in [0.1, 0.15) is 21.5 Å². The number of fused-ring (bicyclic) bond motifs is 2. The Hall–Kier alpha value is -3.01. The average molecular weight is 370 g/mol. The molecule has 4 rings (SSSR count). The summed E-state index contributed by atoms with van der Waals surface area (Å²) < 4.78 is 21.7. The molecule has 0 N–H and O–H groups in total. The summed E-state index contributed by atoms with van der Waals surface area (Å²) in [7, 11) is 0. The second-order valence-electron chi connectivity index (χ2n) is 5.64. The summed E-state index contributed by atoms with van der Waals surface area (Å²) in [6.45, 7) is 0.448. The zero-order valence-electron chi connectivity index (χ0n) is 13.5. The highest BCUT2D eigenvalue weighted by atomic mass is 35.5. The van der Waals surface area contributed by atoms with E-state index in [1.165, 1.54) is 0 Å². The molecule has 0 radical (unpaired) electrons. The molecule has 2 aliphatic heterocycles. The zero-order valence-corrected chi connectivity index (χ0v) is 14.2. The molecular weight excluding hydrogens is 358 g/mol. The molecule has 130 valence electrons. The van der Waals surface area contributed by atoms with E-state index in [-0.39, 0.29) is 24.9 Å². The van der Waals surface area contributed by atoms with Crippen molar-refractivity contribution >= 4 is 23.5 Å². The van der Waals surface area contributed by atoms with Crippen molar-refractivity contribution in [3.05, 3.63) is 57.8 Å². The number of benzene rings is 2. The van der Waals surface area contributed by atoms with Crippen molar-refractivity contribution in [2.24, 2.45) is 0 Å². The van der Waals surface area contributed by atoms with Crippen LogP contribution in [0.3, 0.4) is 0 Å². The first-order valence-electron chi connectivity index (χ1n) is 7.77. The summed E-state index contributed by atoms with van der Waals surface area (Å²) in [6, 6.07) is 10.2. The number of allylic oxidation sites excluding steroid dienone is 1. The van der Waals surface area contributed by atoms with Gasteiger partial charge < -0.3 is 18.9 Å². The number of halogens is 1. The van der Waals surface area contributed by atoms with Gasteiger partial charge >= 0.3 is 0 Å². The van der Waals surface area contributed by atoms with E-state index in [1.54, 1.807) is 36.4 Å². The fourth-order valence-corrected chi connectivity index (χ4v) is 3.08. The average Bonchev–Trinajstić information content (AvgIpc) is 2.95. The highest BCUT2D eigenvalue weighted by Crippen LogP contribution is 2.37. The Labute approximate surface area is 154 Å². The van der Waals surface area contributed by atoms with Crippen molar-refractivity contribution in [3.63, 3.8) is 0 Å². The third kappa shape index (κ3) is 2.99. The van der Waals surface area contributed by atoms with Gasteiger partial charge in [0.25, 0.3) is 0 Å². The molecule has 2 aliphatic rings.